The van der Waals surface area contributed by atoms with Crippen molar-refractivity contribution in [3.05, 3.63) is 66.0 Å². The molecule has 0 spiro atoms. The highest BCUT2D eigenvalue weighted by Crippen LogP contribution is 2.29. The number of benzene rings is 2. The van der Waals surface area contributed by atoms with Gasteiger partial charge in [0.2, 0.25) is 5.95 Å². The van der Waals surface area contributed by atoms with Crippen molar-refractivity contribution in [1.29, 1.82) is 0 Å². The third-order valence-electron chi connectivity index (χ3n) is 3.82. The normalized spacial score (nSPS) is 10.2. The highest BCUT2D eigenvalue weighted by molar-refractivity contribution is 6.04. The third kappa shape index (κ3) is 4.52. The average Bonchev–Trinajstić information content (AvgIpc) is 2.68. The molecule has 1 amide bonds. The number of anilines is 3. The van der Waals surface area contributed by atoms with E-state index in [4.69, 9.17) is 9.47 Å². The molecule has 2 aromatic carbocycles. The van der Waals surface area contributed by atoms with Crippen LogP contribution < -0.4 is 20.1 Å². The second kappa shape index (κ2) is 8.18. The SMILES string of the molecule is COc1ccc(OC)c(NC(=O)c2ccnc(Nc3cccc(C)c3)n2)c1. The minimum absolute atomic E-state index is 0.227. The van der Waals surface area contributed by atoms with Crippen LogP contribution in [-0.4, -0.2) is 30.1 Å². The van der Waals surface area contributed by atoms with Gasteiger partial charge >= 0.3 is 0 Å². The Morgan fingerprint density at radius 1 is 1.04 bits per heavy atom. The zero-order chi connectivity index (χ0) is 19.2. The van der Waals surface area contributed by atoms with Crippen molar-refractivity contribution in [3.8, 4) is 11.5 Å². The molecule has 0 aliphatic rings. The summed E-state index contributed by atoms with van der Waals surface area (Å²) in [5, 5.41) is 5.89. The monoisotopic (exact) mass is 364 g/mol. The van der Waals surface area contributed by atoms with Gasteiger partial charge in [-0.2, -0.15) is 0 Å². The van der Waals surface area contributed by atoms with Gasteiger partial charge in [0.1, 0.15) is 17.2 Å². The average molecular weight is 364 g/mol. The molecule has 27 heavy (non-hydrogen) atoms. The van der Waals surface area contributed by atoms with Crippen LogP contribution in [0, 0.1) is 6.92 Å². The number of carbonyl (C=O) groups excluding carboxylic acids is 1. The Morgan fingerprint density at radius 3 is 2.63 bits per heavy atom. The van der Waals surface area contributed by atoms with Gasteiger partial charge in [0.15, 0.2) is 0 Å². The second-order valence-electron chi connectivity index (χ2n) is 5.78. The Kier molecular flexibility index (Phi) is 5.51. The summed E-state index contributed by atoms with van der Waals surface area (Å²) < 4.78 is 10.5. The summed E-state index contributed by atoms with van der Waals surface area (Å²) in [5.74, 6) is 1.09. The maximum Gasteiger partial charge on any atom is 0.274 e. The number of methoxy groups -OCH3 is 2. The second-order valence-corrected chi connectivity index (χ2v) is 5.78. The molecule has 138 valence electrons. The van der Waals surface area contributed by atoms with E-state index in [0.29, 0.717) is 23.1 Å². The molecule has 3 rings (SSSR count). The summed E-state index contributed by atoms with van der Waals surface area (Å²) in [4.78, 5) is 21.1. The number of carbonyl (C=O) groups is 1. The first kappa shape index (κ1) is 18.2. The largest absolute Gasteiger partial charge is 0.497 e. The van der Waals surface area contributed by atoms with E-state index in [1.54, 1.807) is 31.4 Å². The van der Waals surface area contributed by atoms with Crippen molar-refractivity contribution in [2.75, 3.05) is 24.9 Å². The molecule has 0 fully saturated rings. The molecule has 0 bridgehead atoms. The standard InChI is InChI=1S/C20H20N4O3/c1-13-5-4-6-14(11-13)22-20-21-10-9-16(24-20)19(25)23-17-12-15(26-2)7-8-18(17)27-3/h4-12H,1-3H3,(H,23,25)(H,21,22,24). The van der Waals surface area contributed by atoms with Crippen LogP contribution in [-0.2, 0) is 0 Å². The van der Waals surface area contributed by atoms with Gasteiger partial charge in [-0.1, -0.05) is 12.1 Å². The fourth-order valence-electron chi connectivity index (χ4n) is 2.50. The first-order chi connectivity index (χ1) is 13.1. The van der Waals surface area contributed by atoms with Crippen LogP contribution >= 0.6 is 0 Å². The lowest BCUT2D eigenvalue weighted by molar-refractivity contribution is 0.102. The molecule has 0 aliphatic carbocycles. The number of nitrogens with zero attached hydrogens (tertiary/aromatic N) is 2. The first-order valence-corrected chi connectivity index (χ1v) is 8.29. The number of amides is 1. The third-order valence-corrected chi connectivity index (χ3v) is 3.82. The van der Waals surface area contributed by atoms with Gasteiger partial charge < -0.3 is 20.1 Å². The zero-order valence-electron chi connectivity index (χ0n) is 15.3. The topological polar surface area (TPSA) is 85.4 Å². The Morgan fingerprint density at radius 2 is 1.89 bits per heavy atom. The van der Waals surface area contributed by atoms with E-state index in [-0.39, 0.29) is 11.6 Å². The van der Waals surface area contributed by atoms with Gasteiger partial charge in [-0.15, -0.1) is 0 Å². The number of rotatable bonds is 6. The fourth-order valence-corrected chi connectivity index (χ4v) is 2.50. The molecule has 1 aromatic heterocycles. The molecule has 0 saturated carbocycles. The van der Waals surface area contributed by atoms with E-state index in [0.717, 1.165) is 11.3 Å². The van der Waals surface area contributed by atoms with E-state index in [1.807, 2.05) is 31.2 Å². The number of ether oxygens (including phenoxy) is 2. The minimum Gasteiger partial charge on any atom is -0.497 e. The summed E-state index contributed by atoms with van der Waals surface area (Å²) in [6, 6.07) is 14.5. The maximum absolute atomic E-state index is 12.6. The van der Waals surface area contributed by atoms with Crippen molar-refractivity contribution in [2.24, 2.45) is 0 Å². The minimum atomic E-state index is -0.378. The summed E-state index contributed by atoms with van der Waals surface area (Å²) in [7, 11) is 3.09. The molecule has 0 aliphatic heterocycles. The van der Waals surface area contributed by atoms with E-state index in [9.17, 15) is 4.79 Å². The predicted octanol–water partition coefficient (Wildman–Crippen LogP) is 3.80. The van der Waals surface area contributed by atoms with E-state index >= 15 is 0 Å². The molecule has 3 aromatic rings. The van der Waals surface area contributed by atoms with Crippen molar-refractivity contribution < 1.29 is 14.3 Å². The summed E-state index contributed by atoms with van der Waals surface area (Å²) in [6.07, 6.45) is 1.53. The lowest BCUT2D eigenvalue weighted by atomic mass is 10.2. The van der Waals surface area contributed by atoms with Gasteiger partial charge in [0.05, 0.1) is 19.9 Å². The van der Waals surface area contributed by atoms with Crippen molar-refractivity contribution in [3.63, 3.8) is 0 Å². The molecule has 0 saturated heterocycles. The van der Waals surface area contributed by atoms with Gasteiger partial charge in [0.25, 0.3) is 5.91 Å². The Bertz CT molecular complexity index is 959. The van der Waals surface area contributed by atoms with Crippen LogP contribution in [0.4, 0.5) is 17.3 Å². The number of aryl methyl sites for hydroxylation is 1. The quantitative estimate of drug-likeness (QED) is 0.692. The van der Waals surface area contributed by atoms with Crippen molar-refractivity contribution in [1.82, 2.24) is 9.97 Å². The fraction of sp³-hybridized carbons (Fsp3) is 0.150. The van der Waals surface area contributed by atoms with E-state index in [1.165, 1.54) is 13.3 Å². The maximum atomic E-state index is 12.6. The van der Waals surface area contributed by atoms with Crippen LogP contribution in [0.1, 0.15) is 16.1 Å². The van der Waals surface area contributed by atoms with Crippen molar-refractivity contribution >= 4 is 23.2 Å². The van der Waals surface area contributed by atoms with Crippen LogP contribution in [0.5, 0.6) is 11.5 Å². The van der Waals surface area contributed by atoms with Gasteiger partial charge in [0, 0.05) is 18.0 Å². The molecule has 7 heteroatoms. The van der Waals surface area contributed by atoms with Crippen molar-refractivity contribution in [2.45, 2.75) is 6.92 Å². The molecule has 1 heterocycles. The number of hydrogen-bond acceptors (Lipinski definition) is 6. The van der Waals surface area contributed by atoms with Crippen LogP contribution in [0.15, 0.2) is 54.7 Å². The predicted molar refractivity (Wildman–Crippen MR) is 104 cm³/mol. The zero-order valence-corrected chi connectivity index (χ0v) is 15.3. The highest BCUT2D eigenvalue weighted by Gasteiger charge is 2.13. The Hall–Kier alpha value is -3.61. The molecule has 2 N–H and O–H groups in total. The summed E-state index contributed by atoms with van der Waals surface area (Å²) in [6.45, 7) is 2.00. The van der Waals surface area contributed by atoms with Gasteiger partial charge in [-0.25, -0.2) is 9.97 Å². The molecule has 0 radical (unpaired) electrons. The lowest BCUT2D eigenvalue weighted by Gasteiger charge is -2.12. The Balaban J connectivity index is 1.80. The highest BCUT2D eigenvalue weighted by atomic mass is 16.5. The van der Waals surface area contributed by atoms with Crippen LogP contribution in [0.2, 0.25) is 0 Å². The van der Waals surface area contributed by atoms with Crippen LogP contribution in [0.3, 0.4) is 0 Å². The smallest absolute Gasteiger partial charge is 0.274 e. The van der Waals surface area contributed by atoms with Gasteiger partial charge in [-0.3, -0.25) is 4.79 Å². The molecule has 0 atom stereocenters. The molecule has 7 nitrogen and oxygen atoms in total. The summed E-state index contributed by atoms with van der Waals surface area (Å²) in [5.41, 5.74) is 2.68. The molecular formula is C20H20N4O3. The molecule has 0 unspecified atom stereocenters. The number of aromatic nitrogens is 2. The number of nitrogens with one attached hydrogen (secondary N) is 2. The number of hydrogen-bond donors (Lipinski definition) is 2. The molecular weight excluding hydrogens is 344 g/mol. The van der Waals surface area contributed by atoms with Gasteiger partial charge in [-0.05, 0) is 42.8 Å². The first-order valence-electron chi connectivity index (χ1n) is 8.29. The van der Waals surface area contributed by atoms with Crippen LogP contribution in [0.25, 0.3) is 0 Å². The lowest BCUT2D eigenvalue weighted by Crippen LogP contribution is -2.15. The van der Waals surface area contributed by atoms with E-state index < -0.39 is 0 Å². The Labute approximate surface area is 157 Å². The summed E-state index contributed by atoms with van der Waals surface area (Å²) >= 11 is 0. The van der Waals surface area contributed by atoms with E-state index in [2.05, 4.69) is 20.6 Å².